The van der Waals surface area contributed by atoms with Crippen molar-refractivity contribution in [1.29, 1.82) is 0 Å². The van der Waals surface area contributed by atoms with E-state index in [9.17, 15) is 0 Å². The summed E-state index contributed by atoms with van der Waals surface area (Å²) in [6.07, 6.45) is 7.75. The summed E-state index contributed by atoms with van der Waals surface area (Å²) in [5, 5.41) is 9.26. The largest absolute Gasteiger partial charge is 0.497 e. The molecule has 1 saturated heterocycles. The third-order valence-electron chi connectivity index (χ3n) is 5.38. The molecule has 26 heavy (non-hydrogen) atoms. The van der Waals surface area contributed by atoms with Gasteiger partial charge in [0, 0.05) is 30.2 Å². The standard InChI is InChI=1S/C19H20N6O/c1-26-13-2-3-17-14(8-13)15(9-20-17)12-4-6-25(7-5-12)19-16-10-23-24-18(16)21-11-22-19/h2-3,8-12,20H,4-7H2,1H3,(H,21,22,23,24). The fraction of sp³-hybridized carbons (Fsp3) is 0.316. The molecule has 7 nitrogen and oxygen atoms in total. The number of H-pyrrole nitrogens is 2. The number of aromatic amines is 2. The minimum absolute atomic E-state index is 0.536. The molecule has 0 spiro atoms. The number of anilines is 1. The lowest BCUT2D eigenvalue weighted by molar-refractivity contribution is 0.415. The van der Waals surface area contributed by atoms with Crippen LogP contribution in [0.15, 0.2) is 36.9 Å². The summed E-state index contributed by atoms with van der Waals surface area (Å²) in [5.74, 6) is 2.41. The Kier molecular flexibility index (Phi) is 3.51. The van der Waals surface area contributed by atoms with Crippen molar-refractivity contribution in [2.75, 3.05) is 25.1 Å². The first-order valence-electron chi connectivity index (χ1n) is 8.87. The topological polar surface area (TPSA) is 82.7 Å². The number of hydrogen-bond donors (Lipinski definition) is 2. The summed E-state index contributed by atoms with van der Waals surface area (Å²) < 4.78 is 5.40. The molecule has 5 rings (SSSR count). The minimum atomic E-state index is 0.536. The molecule has 0 aliphatic carbocycles. The summed E-state index contributed by atoms with van der Waals surface area (Å²) in [7, 11) is 1.71. The normalized spacial score (nSPS) is 15.8. The zero-order valence-electron chi connectivity index (χ0n) is 14.6. The fourth-order valence-electron chi connectivity index (χ4n) is 3.99. The van der Waals surface area contributed by atoms with Gasteiger partial charge in [-0.05, 0) is 42.5 Å². The number of piperidine rings is 1. The molecule has 0 atom stereocenters. The zero-order valence-corrected chi connectivity index (χ0v) is 14.6. The smallest absolute Gasteiger partial charge is 0.160 e. The molecular weight excluding hydrogens is 328 g/mol. The molecule has 2 N–H and O–H groups in total. The first-order chi connectivity index (χ1) is 12.8. The summed E-state index contributed by atoms with van der Waals surface area (Å²) in [5.41, 5.74) is 3.34. The van der Waals surface area contributed by atoms with Crippen molar-refractivity contribution in [3.05, 3.63) is 42.5 Å². The Morgan fingerprint density at radius 1 is 1.15 bits per heavy atom. The number of hydrogen-bond acceptors (Lipinski definition) is 5. The number of aromatic nitrogens is 5. The average Bonchev–Trinajstić information content (AvgIpc) is 3.34. The molecule has 0 amide bonds. The van der Waals surface area contributed by atoms with Crippen LogP contribution in [0.3, 0.4) is 0 Å². The van der Waals surface area contributed by atoms with Crippen LogP contribution >= 0.6 is 0 Å². The Balaban J connectivity index is 1.40. The van der Waals surface area contributed by atoms with Crippen LogP contribution in [0.2, 0.25) is 0 Å². The first-order valence-corrected chi connectivity index (χ1v) is 8.87. The number of fused-ring (bicyclic) bond motifs is 2. The number of nitrogens with one attached hydrogen (secondary N) is 2. The number of methoxy groups -OCH3 is 1. The number of ether oxygens (including phenoxy) is 1. The molecule has 7 heteroatoms. The molecule has 0 bridgehead atoms. The number of benzene rings is 1. The lowest BCUT2D eigenvalue weighted by Crippen LogP contribution is -2.33. The van der Waals surface area contributed by atoms with E-state index < -0.39 is 0 Å². The predicted octanol–water partition coefficient (Wildman–Crippen LogP) is 3.23. The monoisotopic (exact) mass is 348 g/mol. The maximum atomic E-state index is 5.40. The van der Waals surface area contributed by atoms with Crippen molar-refractivity contribution in [3.63, 3.8) is 0 Å². The molecule has 4 heterocycles. The average molecular weight is 348 g/mol. The van der Waals surface area contributed by atoms with Crippen molar-refractivity contribution in [2.24, 2.45) is 0 Å². The van der Waals surface area contributed by atoms with Crippen molar-refractivity contribution >= 4 is 27.8 Å². The van der Waals surface area contributed by atoms with Gasteiger partial charge in [-0.3, -0.25) is 5.10 Å². The van der Waals surface area contributed by atoms with Crippen LogP contribution in [-0.4, -0.2) is 45.3 Å². The molecule has 1 aliphatic rings. The van der Waals surface area contributed by atoms with Crippen LogP contribution in [-0.2, 0) is 0 Å². The van der Waals surface area contributed by atoms with E-state index in [2.05, 4.69) is 48.4 Å². The third-order valence-corrected chi connectivity index (χ3v) is 5.38. The summed E-state index contributed by atoms with van der Waals surface area (Å²) in [6.45, 7) is 1.94. The van der Waals surface area contributed by atoms with Gasteiger partial charge in [-0.1, -0.05) is 0 Å². The van der Waals surface area contributed by atoms with E-state index in [1.165, 1.54) is 16.5 Å². The predicted molar refractivity (Wildman–Crippen MR) is 101 cm³/mol. The Morgan fingerprint density at radius 3 is 2.88 bits per heavy atom. The maximum Gasteiger partial charge on any atom is 0.160 e. The van der Waals surface area contributed by atoms with Crippen molar-refractivity contribution in [1.82, 2.24) is 25.1 Å². The van der Waals surface area contributed by atoms with Gasteiger partial charge in [-0.2, -0.15) is 5.10 Å². The second-order valence-corrected chi connectivity index (χ2v) is 6.75. The van der Waals surface area contributed by atoms with E-state index in [0.29, 0.717) is 5.92 Å². The van der Waals surface area contributed by atoms with Crippen molar-refractivity contribution in [3.8, 4) is 5.75 Å². The second kappa shape index (κ2) is 6.01. The maximum absolute atomic E-state index is 5.40. The molecule has 0 unspecified atom stereocenters. The molecular formula is C19H20N6O. The highest BCUT2D eigenvalue weighted by atomic mass is 16.5. The summed E-state index contributed by atoms with van der Waals surface area (Å²) in [6, 6.07) is 6.22. The van der Waals surface area contributed by atoms with Gasteiger partial charge in [-0.15, -0.1) is 0 Å². The van der Waals surface area contributed by atoms with Crippen LogP contribution in [0.4, 0.5) is 5.82 Å². The highest BCUT2D eigenvalue weighted by molar-refractivity contribution is 5.87. The molecule has 1 aliphatic heterocycles. The van der Waals surface area contributed by atoms with Crippen LogP contribution < -0.4 is 9.64 Å². The third kappa shape index (κ3) is 2.39. The molecule has 0 saturated carbocycles. The number of rotatable bonds is 3. The van der Waals surface area contributed by atoms with Gasteiger partial charge in [0.15, 0.2) is 5.65 Å². The highest BCUT2D eigenvalue weighted by Gasteiger charge is 2.25. The van der Waals surface area contributed by atoms with Crippen molar-refractivity contribution < 1.29 is 4.74 Å². The van der Waals surface area contributed by atoms with Gasteiger partial charge in [-0.25, -0.2) is 9.97 Å². The van der Waals surface area contributed by atoms with Crippen LogP contribution in [0.5, 0.6) is 5.75 Å². The van der Waals surface area contributed by atoms with Gasteiger partial charge >= 0.3 is 0 Å². The van der Waals surface area contributed by atoms with E-state index in [4.69, 9.17) is 4.74 Å². The van der Waals surface area contributed by atoms with Crippen molar-refractivity contribution in [2.45, 2.75) is 18.8 Å². The lowest BCUT2D eigenvalue weighted by Gasteiger charge is -2.33. The van der Waals surface area contributed by atoms with Crippen LogP contribution in [0.25, 0.3) is 21.9 Å². The molecule has 0 radical (unpaired) electrons. The fourth-order valence-corrected chi connectivity index (χ4v) is 3.99. The van der Waals surface area contributed by atoms with Crippen LogP contribution in [0.1, 0.15) is 24.3 Å². The lowest BCUT2D eigenvalue weighted by atomic mass is 9.89. The highest BCUT2D eigenvalue weighted by Crippen LogP contribution is 2.36. The van der Waals surface area contributed by atoms with Gasteiger partial charge in [0.25, 0.3) is 0 Å². The number of nitrogens with zero attached hydrogens (tertiary/aromatic N) is 4. The Hall–Kier alpha value is -3.09. The van der Waals surface area contributed by atoms with Gasteiger partial charge in [0.05, 0.1) is 18.7 Å². The second-order valence-electron chi connectivity index (χ2n) is 6.75. The molecule has 1 fully saturated rings. The SMILES string of the molecule is COc1ccc2[nH]cc(C3CCN(c4ncnc5[nH]ncc45)CC3)c2c1. The molecule has 132 valence electrons. The van der Waals surface area contributed by atoms with E-state index in [1.54, 1.807) is 13.4 Å². The van der Waals surface area contributed by atoms with E-state index >= 15 is 0 Å². The minimum Gasteiger partial charge on any atom is -0.497 e. The molecule has 4 aromatic rings. The van der Waals surface area contributed by atoms with Gasteiger partial charge in [0.1, 0.15) is 17.9 Å². The molecule has 3 aromatic heterocycles. The summed E-state index contributed by atoms with van der Waals surface area (Å²) >= 11 is 0. The first kappa shape index (κ1) is 15.2. The van der Waals surface area contributed by atoms with Crippen LogP contribution in [0, 0.1) is 0 Å². The van der Waals surface area contributed by atoms with E-state index in [0.717, 1.165) is 48.5 Å². The zero-order chi connectivity index (χ0) is 17.5. The quantitative estimate of drug-likeness (QED) is 0.594. The Bertz CT molecular complexity index is 1060. The van der Waals surface area contributed by atoms with Gasteiger partial charge < -0.3 is 14.6 Å². The molecule has 1 aromatic carbocycles. The van der Waals surface area contributed by atoms with Gasteiger partial charge in [0.2, 0.25) is 0 Å². The Morgan fingerprint density at radius 2 is 2.04 bits per heavy atom. The van der Waals surface area contributed by atoms with E-state index in [1.807, 2.05) is 12.3 Å². The van der Waals surface area contributed by atoms with E-state index in [-0.39, 0.29) is 0 Å². The Labute approximate surface area is 150 Å². The summed E-state index contributed by atoms with van der Waals surface area (Å²) in [4.78, 5) is 14.5.